The number of thiazole rings is 1. The highest BCUT2D eigenvalue weighted by Gasteiger charge is 2.36. The number of carboxylic acid groups (broad SMARTS) is 1. The minimum absolute atomic E-state index is 0.234. The van der Waals surface area contributed by atoms with Crippen LogP contribution in [0.15, 0.2) is 29.6 Å². The van der Waals surface area contributed by atoms with E-state index in [1.165, 1.54) is 37.1 Å². The third-order valence-corrected chi connectivity index (χ3v) is 4.62. The number of rotatable bonds is 5. The average molecular weight is 334 g/mol. The normalized spacial score (nSPS) is 11.1. The fraction of sp³-hybridized carbons (Fsp3) is 0.312. The van der Waals surface area contributed by atoms with E-state index in [4.69, 9.17) is 4.74 Å². The molecule has 0 aliphatic carbocycles. The van der Waals surface area contributed by atoms with Crippen molar-refractivity contribution in [3.8, 4) is 16.3 Å². The van der Waals surface area contributed by atoms with E-state index in [1.54, 1.807) is 12.5 Å². The van der Waals surface area contributed by atoms with Gasteiger partial charge >= 0.3 is 5.97 Å². The number of carboxylic acids is 1. The SMILES string of the molecule is COc1ccc(-c2nc(C(=O)N(C)C(C)(C)C(=O)O)cs2)cc1. The van der Waals surface area contributed by atoms with Gasteiger partial charge in [-0.15, -0.1) is 11.3 Å². The maximum absolute atomic E-state index is 12.4. The molecule has 0 radical (unpaired) electrons. The van der Waals surface area contributed by atoms with Gasteiger partial charge in [0, 0.05) is 18.0 Å². The Morgan fingerprint density at radius 2 is 1.87 bits per heavy atom. The molecule has 6 nitrogen and oxygen atoms in total. The van der Waals surface area contributed by atoms with Gasteiger partial charge in [0.1, 0.15) is 22.0 Å². The van der Waals surface area contributed by atoms with Crippen molar-refractivity contribution in [2.45, 2.75) is 19.4 Å². The number of aliphatic carboxylic acids is 1. The number of carbonyl (C=O) groups excluding carboxylic acids is 1. The van der Waals surface area contributed by atoms with Crippen LogP contribution in [0.25, 0.3) is 10.6 Å². The van der Waals surface area contributed by atoms with Crippen LogP contribution < -0.4 is 4.74 Å². The second-order valence-electron chi connectivity index (χ2n) is 5.49. The number of likely N-dealkylation sites (N-methyl/N-ethyl adjacent to an activating group) is 1. The molecule has 122 valence electrons. The van der Waals surface area contributed by atoms with Crippen molar-refractivity contribution in [3.63, 3.8) is 0 Å². The number of amides is 1. The van der Waals surface area contributed by atoms with Crippen LogP contribution in [-0.4, -0.2) is 46.6 Å². The van der Waals surface area contributed by atoms with E-state index in [2.05, 4.69) is 4.98 Å². The van der Waals surface area contributed by atoms with Crippen molar-refractivity contribution in [2.75, 3.05) is 14.2 Å². The fourth-order valence-electron chi connectivity index (χ4n) is 1.81. The Hall–Kier alpha value is -2.41. The zero-order valence-corrected chi connectivity index (χ0v) is 14.2. The summed E-state index contributed by atoms with van der Waals surface area (Å²) < 4.78 is 5.11. The zero-order chi connectivity index (χ0) is 17.2. The number of ether oxygens (including phenoxy) is 1. The molecular formula is C16H18N2O4S. The lowest BCUT2D eigenvalue weighted by atomic mass is 10.0. The van der Waals surface area contributed by atoms with E-state index in [0.717, 1.165) is 11.3 Å². The van der Waals surface area contributed by atoms with Gasteiger partial charge in [0.15, 0.2) is 0 Å². The molecule has 0 aliphatic heterocycles. The summed E-state index contributed by atoms with van der Waals surface area (Å²) in [7, 11) is 3.05. The Labute approximate surface area is 138 Å². The van der Waals surface area contributed by atoms with Crippen LogP contribution in [0.5, 0.6) is 5.75 Å². The van der Waals surface area contributed by atoms with E-state index in [1.807, 2.05) is 24.3 Å². The molecule has 1 amide bonds. The summed E-state index contributed by atoms with van der Waals surface area (Å²) >= 11 is 1.33. The first kappa shape index (κ1) is 17.0. The van der Waals surface area contributed by atoms with E-state index in [0.29, 0.717) is 5.01 Å². The van der Waals surface area contributed by atoms with Crippen LogP contribution in [0.1, 0.15) is 24.3 Å². The summed E-state index contributed by atoms with van der Waals surface area (Å²) in [6, 6.07) is 7.35. The van der Waals surface area contributed by atoms with Crippen molar-refractivity contribution >= 4 is 23.2 Å². The first-order valence-electron chi connectivity index (χ1n) is 6.89. The Kier molecular flexibility index (Phi) is 4.70. The Bertz CT molecular complexity index is 722. The molecule has 0 fully saturated rings. The van der Waals surface area contributed by atoms with Gasteiger partial charge in [0.05, 0.1) is 7.11 Å². The largest absolute Gasteiger partial charge is 0.497 e. The number of carbonyl (C=O) groups is 2. The molecule has 1 N–H and O–H groups in total. The molecule has 0 bridgehead atoms. The van der Waals surface area contributed by atoms with Crippen molar-refractivity contribution in [1.29, 1.82) is 0 Å². The van der Waals surface area contributed by atoms with E-state index >= 15 is 0 Å². The smallest absolute Gasteiger partial charge is 0.329 e. The number of nitrogens with zero attached hydrogens (tertiary/aromatic N) is 2. The van der Waals surface area contributed by atoms with Gasteiger partial charge in [-0.25, -0.2) is 9.78 Å². The maximum atomic E-state index is 12.4. The van der Waals surface area contributed by atoms with Gasteiger partial charge in [0.25, 0.3) is 5.91 Å². The zero-order valence-electron chi connectivity index (χ0n) is 13.4. The highest BCUT2D eigenvalue weighted by Crippen LogP contribution is 2.27. The number of aromatic nitrogens is 1. The molecule has 7 heteroatoms. The van der Waals surface area contributed by atoms with E-state index in [-0.39, 0.29) is 5.69 Å². The summed E-state index contributed by atoms with van der Waals surface area (Å²) in [5.41, 5.74) is -0.200. The highest BCUT2D eigenvalue weighted by atomic mass is 32.1. The van der Waals surface area contributed by atoms with Crippen molar-refractivity contribution in [3.05, 3.63) is 35.3 Å². The van der Waals surface area contributed by atoms with Crippen LogP contribution in [-0.2, 0) is 4.79 Å². The molecule has 23 heavy (non-hydrogen) atoms. The predicted molar refractivity (Wildman–Crippen MR) is 87.9 cm³/mol. The second kappa shape index (κ2) is 6.37. The lowest BCUT2D eigenvalue weighted by Gasteiger charge is -2.30. The molecule has 2 aromatic rings. The molecule has 0 unspecified atom stereocenters. The third kappa shape index (κ3) is 3.34. The van der Waals surface area contributed by atoms with Crippen LogP contribution in [0.3, 0.4) is 0 Å². The average Bonchev–Trinajstić information content (AvgIpc) is 3.03. The molecule has 1 heterocycles. The van der Waals surface area contributed by atoms with Crippen molar-refractivity contribution in [2.24, 2.45) is 0 Å². The lowest BCUT2D eigenvalue weighted by molar-refractivity contribution is -0.147. The summed E-state index contributed by atoms with van der Waals surface area (Å²) in [5.74, 6) is -0.753. The molecule has 0 spiro atoms. The monoisotopic (exact) mass is 334 g/mol. The quantitative estimate of drug-likeness (QED) is 0.909. The summed E-state index contributed by atoms with van der Waals surface area (Å²) in [5, 5.41) is 11.5. The molecule has 1 aromatic carbocycles. The molecule has 0 saturated carbocycles. The first-order valence-corrected chi connectivity index (χ1v) is 7.77. The summed E-state index contributed by atoms with van der Waals surface area (Å²) in [4.78, 5) is 29.2. The lowest BCUT2D eigenvalue weighted by Crippen LogP contribution is -2.50. The van der Waals surface area contributed by atoms with Gasteiger partial charge in [-0.3, -0.25) is 4.79 Å². The first-order chi connectivity index (χ1) is 10.8. The molecule has 0 atom stereocenters. The van der Waals surface area contributed by atoms with Gasteiger partial charge < -0.3 is 14.7 Å². The Morgan fingerprint density at radius 1 is 1.26 bits per heavy atom. The number of hydrogen-bond acceptors (Lipinski definition) is 5. The standard InChI is InChI=1S/C16H18N2O4S/c1-16(2,15(20)21)18(3)14(19)12-9-23-13(17-12)10-5-7-11(22-4)8-6-10/h5-9H,1-4H3,(H,20,21). The molecule has 0 saturated heterocycles. The van der Waals surface area contributed by atoms with Crippen LogP contribution in [0.2, 0.25) is 0 Å². The van der Waals surface area contributed by atoms with E-state index in [9.17, 15) is 14.7 Å². The summed E-state index contributed by atoms with van der Waals surface area (Å²) in [6.45, 7) is 2.95. The minimum Gasteiger partial charge on any atom is -0.497 e. The topological polar surface area (TPSA) is 79.7 Å². The van der Waals surface area contributed by atoms with Crippen LogP contribution in [0.4, 0.5) is 0 Å². The Morgan fingerprint density at radius 3 is 2.39 bits per heavy atom. The molecular weight excluding hydrogens is 316 g/mol. The van der Waals surface area contributed by atoms with Crippen LogP contribution >= 0.6 is 11.3 Å². The van der Waals surface area contributed by atoms with Crippen LogP contribution in [0, 0.1) is 0 Å². The van der Waals surface area contributed by atoms with Gasteiger partial charge in [0.2, 0.25) is 0 Å². The maximum Gasteiger partial charge on any atom is 0.329 e. The number of benzene rings is 1. The highest BCUT2D eigenvalue weighted by molar-refractivity contribution is 7.13. The van der Waals surface area contributed by atoms with Gasteiger partial charge in [-0.2, -0.15) is 0 Å². The predicted octanol–water partition coefficient (Wildman–Crippen LogP) is 2.75. The summed E-state index contributed by atoms with van der Waals surface area (Å²) in [6.07, 6.45) is 0. The number of hydrogen-bond donors (Lipinski definition) is 1. The molecule has 2 rings (SSSR count). The van der Waals surface area contributed by atoms with E-state index < -0.39 is 17.4 Å². The van der Waals surface area contributed by atoms with Gasteiger partial charge in [-0.1, -0.05) is 0 Å². The third-order valence-electron chi connectivity index (χ3n) is 3.73. The number of methoxy groups -OCH3 is 1. The molecule has 1 aromatic heterocycles. The second-order valence-corrected chi connectivity index (χ2v) is 6.35. The fourth-order valence-corrected chi connectivity index (χ4v) is 2.61. The van der Waals surface area contributed by atoms with Crippen molar-refractivity contribution in [1.82, 2.24) is 9.88 Å². The van der Waals surface area contributed by atoms with Crippen molar-refractivity contribution < 1.29 is 19.4 Å². The van der Waals surface area contributed by atoms with Gasteiger partial charge in [-0.05, 0) is 38.1 Å². The minimum atomic E-state index is -1.30. The molecule has 0 aliphatic rings. The Balaban J connectivity index is 2.24.